The number of unbranched alkanes of at least 4 members (excludes halogenated alkanes) is 28. The molecule has 388 valence electrons. The molecule has 0 aliphatic rings. The predicted molar refractivity (Wildman–Crippen MR) is 284 cm³/mol. The fourth-order valence-electron chi connectivity index (χ4n) is 9.75. The van der Waals surface area contributed by atoms with Crippen LogP contribution in [0.2, 0.25) is 0 Å². The Hall–Kier alpha value is -1.89. The first-order valence-electron chi connectivity index (χ1n) is 29.4. The van der Waals surface area contributed by atoms with E-state index in [9.17, 15) is 9.59 Å². The van der Waals surface area contributed by atoms with Crippen LogP contribution in [0.1, 0.15) is 297 Å². The largest absolute Gasteiger partial charge is 0.465 e. The summed E-state index contributed by atoms with van der Waals surface area (Å²) in [7, 11) is 0. The number of hydrogen-bond acceptors (Lipinski definition) is 6. The predicted octanol–water partition coefficient (Wildman–Crippen LogP) is 17.9. The molecule has 0 aliphatic heterocycles. The highest BCUT2D eigenvalue weighted by molar-refractivity contribution is 5.69. The molecule has 0 N–H and O–H groups in total. The van der Waals surface area contributed by atoms with E-state index in [4.69, 9.17) is 9.47 Å². The van der Waals surface area contributed by atoms with Crippen molar-refractivity contribution < 1.29 is 19.1 Å². The molecule has 0 spiro atoms. The Kier molecular flexibility index (Phi) is 45.3. The first-order valence-corrected chi connectivity index (χ1v) is 29.4. The van der Waals surface area contributed by atoms with Gasteiger partial charge in [0.25, 0.3) is 0 Å². The van der Waals surface area contributed by atoms with E-state index in [1.165, 1.54) is 205 Å². The van der Waals surface area contributed by atoms with E-state index in [0.29, 0.717) is 37.9 Å². The van der Waals surface area contributed by atoms with Crippen molar-refractivity contribution >= 4 is 11.9 Å². The van der Waals surface area contributed by atoms with Crippen LogP contribution < -0.4 is 0 Å². The third kappa shape index (κ3) is 40.0. The molecule has 7 heteroatoms. The van der Waals surface area contributed by atoms with Crippen molar-refractivity contribution in [2.45, 2.75) is 304 Å². The number of carbonyl (C=O) groups excluding carboxylic acids is 2. The summed E-state index contributed by atoms with van der Waals surface area (Å²) < 4.78 is 14.1. The van der Waals surface area contributed by atoms with E-state index in [2.05, 4.69) is 55.3 Å². The Balaban J connectivity index is 2.47. The van der Waals surface area contributed by atoms with Gasteiger partial charge in [0, 0.05) is 31.8 Å². The van der Waals surface area contributed by atoms with Crippen molar-refractivity contribution in [1.29, 1.82) is 0 Å². The number of aryl methyl sites for hydroxylation is 2. The second-order valence-electron chi connectivity index (χ2n) is 20.7. The number of nitrogens with zero attached hydrogens (tertiary/aromatic N) is 3. The first kappa shape index (κ1) is 62.1. The average Bonchev–Trinajstić information content (AvgIpc) is 3.73. The van der Waals surface area contributed by atoms with Crippen LogP contribution in [0.25, 0.3) is 0 Å². The number of aromatic nitrogens is 2. The number of esters is 2. The zero-order chi connectivity index (χ0) is 47.8. The van der Waals surface area contributed by atoms with Crippen LogP contribution >= 0.6 is 0 Å². The third-order valence-corrected chi connectivity index (χ3v) is 14.3. The molecule has 0 fully saturated rings. The molecule has 0 amide bonds. The molecular weight excluding hydrogens is 815 g/mol. The van der Waals surface area contributed by atoms with Crippen LogP contribution in [0, 0.1) is 18.8 Å². The van der Waals surface area contributed by atoms with Crippen LogP contribution in [0.15, 0.2) is 12.4 Å². The Bertz CT molecular complexity index is 1110. The van der Waals surface area contributed by atoms with Crippen molar-refractivity contribution in [2.24, 2.45) is 11.8 Å². The monoisotopic (exact) mass is 928 g/mol. The topological polar surface area (TPSA) is 73.7 Å². The molecule has 0 saturated heterocycles. The fraction of sp³-hybridized carbons (Fsp3) is 0.915. The highest BCUT2D eigenvalue weighted by Crippen LogP contribution is 2.22. The summed E-state index contributed by atoms with van der Waals surface area (Å²) >= 11 is 0. The summed E-state index contributed by atoms with van der Waals surface area (Å²) in [5.74, 6) is 2.12. The van der Waals surface area contributed by atoms with Crippen molar-refractivity contribution in [1.82, 2.24) is 14.5 Å². The van der Waals surface area contributed by atoms with Gasteiger partial charge in [0.2, 0.25) is 0 Å². The summed E-state index contributed by atoms with van der Waals surface area (Å²) in [6, 6.07) is 0. The number of rotatable bonds is 52. The van der Waals surface area contributed by atoms with Crippen LogP contribution in [-0.4, -0.2) is 59.2 Å². The van der Waals surface area contributed by atoms with Crippen molar-refractivity contribution in [3.8, 4) is 0 Å². The highest BCUT2D eigenvalue weighted by atomic mass is 16.5. The van der Waals surface area contributed by atoms with Crippen LogP contribution in [0.3, 0.4) is 0 Å². The van der Waals surface area contributed by atoms with E-state index >= 15 is 0 Å². The van der Waals surface area contributed by atoms with Gasteiger partial charge in [0.1, 0.15) is 5.82 Å². The molecule has 1 rings (SSSR count). The summed E-state index contributed by atoms with van der Waals surface area (Å²) in [4.78, 5) is 32.8. The quantitative estimate of drug-likeness (QED) is 0.0479. The van der Waals surface area contributed by atoms with Gasteiger partial charge in [0.05, 0.1) is 13.2 Å². The molecule has 2 atom stereocenters. The molecule has 66 heavy (non-hydrogen) atoms. The zero-order valence-electron chi connectivity index (χ0n) is 45.0. The lowest BCUT2D eigenvalue weighted by atomic mass is 9.94. The maximum atomic E-state index is 12.9. The van der Waals surface area contributed by atoms with Gasteiger partial charge < -0.3 is 18.9 Å². The van der Waals surface area contributed by atoms with Crippen molar-refractivity contribution in [3.05, 3.63) is 18.2 Å². The van der Waals surface area contributed by atoms with Gasteiger partial charge >= 0.3 is 11.9 Å². The number of ether oxygens (including phenoxy) is 2. The third-order valence-electron chi connectivity index (χ3n) is 14.3. The van der Waals surface area contributed by atoms with Gasteiger partial charge in [-0.3, -0.25) is 9.59 Å². The lowest BCUT2D eigenvalue weighted by molar-refractivity contribution is -0.146. The minimum Gasteiger partial charge on any atom is -0.465 e. The van der Waals surface area contributed by atoms with Gasteiger partial charge in [-0.2, -0.15) is 0 Å². The second-order valence-corrected chi connectivity index (χ2v) is 20.7. The lowest BCUT2D eigenvalue weighted by Crippen LogP contribution is -2.28. The molecule has 1 aromatic heterocycles. The summed E-state index contributed by atoms with van der Waals surface area (Å²) in [6.07, 6.45) is 54.5. The van der Waals surface area contributed by atoms with E-state index in [1.807, 2.05) is 6.20 Å². The fourth-order valence-corrected chi connectivity index (χ4v) is 9.75. The van der Waals surface area contributed by atoms with E-state index in [0.717, 1.165) is 76.9 Å². The molecule has 7 nitrogen and oxygen atoms in total. The Morgan fingerprint density at radius 3 is 1.11 bits per heavy atom. The maximum Gasteiger partial charge on any atom is 0.305 e. The lowest BCUT2D eigenvalue weighted by Gasteiger charge is -2.22. The number of carbonyl (C=O) groups is 2. The van der Waals surface area contributed by atoms with Gasteiger partial charge in [-0.25, -0.2) is 4.98 Å². The zero-order valence-corrected chi connectivity index (χ0v) is 45.0. The summed E-state index contributed by atoms with van der Waals surface area (Å²) in [5, 5.41) is 0. The van der Waals surface area contributed by atoms with Gasteiger partial charge in [-0.1, -0.05) is 220 Å². The molecule has 0 radical (unpaired) electrons. The Morgan fingerprint density at radius 1 is 0.455 bits per heavy atom. The number of imidazole rings is 1. The molecule has 0 bridgehead atoms. The molecule has 0 aliphatic carbocycles. The molecule has 2 unspecified atom stereocenters. The Morgan fingerprint density at radius 2 is 0.773 bits per heavy atom. The normalized spacial score (nSPS) is 12.6. The molecule has 0 aromatic carbocycles. The summed E-state index contributed by atoms with van der Waals surface area (Å²) in [5.41, 5.74) is 0. The van der Waals surface area contributed by atoms with Crippen LogP contribution in [0.4, 0.5) is 0 Å². The molecule has 1 heterocycles. The average molecular weight is 929 g/mol. The first-order chi connectivity index (χ1) is 32.4. The van der Waals surface area contributed by atoms with Crippen molar-refractivity contribution in [2.75, 3.05) is 32.8 Å². The maximum absolute atomic E-state index is 12.9. The summed E-state index contributed by atoms with van der Waals surface area (Å²) in [6.45, 7) is 16.6. The van der Waals surface area contributed by atoms with Gasteiger partial charge in [-0.05, 0) is 96.2 Å². The minimum absolute atomic E-state index is 0.00165. The van der Waals surface area contributed by atoms with Crippen LogP contribution in [-0.2, 0) is 25.6 Å². The van der Waals surface area contributed by atoms with Gasteiger partial charge in [0.15, 0.2) is 0 Å². The van der Waals surface area contributed by atoms with Gasteiger partial charge in [-0.15, -0.1) is 0 Å². The van der Waals surface area contributed by atoms with E-state index in [1.54, 1.807) is 0 Å². The standard InChI is InChI=1S/C59H113N3O4/c1-6-10-14-18-22-24-28-34-43-56(41-32-26-20-16-12-8-3)53-65-58(63)45-36-30-38-48-61(50-40-51-62-52-47-60-55(62)5)49-39-31-37-46-59(64)66-54-57(42-33-27-21-17-13-9-4)44-35-29-25-23-19-15-11-7-2/h47,52,56-57H,6-46,48-51,53-54H2,1-5H3. The second kappa shape index (κ2) is 48.1. The van der Waals surface area contributed by atoms with E-state index < -0.39 is 0 Å². The molecular formula is C59H113N3O4. The highest BCUT2D eigenvalue weighted by Gasteiger charge is 2.15. The smallest absolute Gasteiger partial charge is 0.305 e. The van der Waals surface area contributed by atoms with E-state index in [-0.39, 0.29) is 11.9 Å². The number of hydrogen-bond donors (Lipinski definition) is 0. The van der Waals surface area contributed by atoms with Crippen molar-refractivity contribution in [3.63, 3.8) is 0 Å². The SMILES string of the molecule is CCCCCCCCCCC(CCCCCCCC)COC(=O)CCCCCN(CCCCCC(=O)OCC(CCCCCCCC)CCCCCCCCCC)CCCn1ccnc1C. The van der Waals surface area contributed by atoms with Crippen LogP contribution in [0.5, 0.6) is 0 Å². The molecule has 1 aromatic rings. The molecule has 0 saturated carbocycles. The Labute approximate surface area is 411 Å². The minimum atomic E-state index is 0.00165.